The van der Waals surface area contributed by atoms with E-state index in [9.17, 15) is 0 Å². The Bertz CT molecular complexity index is 307. The van der Waals surface area contributed by atoms with Crippen molar-refractivity contribution in [1.29, 1.82) is 0 Å². The molecule has 1 rings (SSSR count). The van der Waals surface area contributed by atoms with Crippen LogP contribution in [0.2, 0.25) is 0 Å². The number of aryl methyl sites for hydroxylation is 2. The zero-order valence-electron chi connectivity index (χ0n) is 12.0. The van der Waals surface area contributed by atoms with Crippen LogP contribution in [-0.4, -0.2) is 0 Å². The Morgan fingerprint density at radius 3 is 2.00 bits per heavy atom. The van der Waals surface area contributed by atoms with Crippen molar-refractivity contribution in [3.8, 4) is 0 Å². The number of rotatable bonds is 10. The van der Waals surface area contributed by atoms with Gasteiger partial charge < -0.3 is 0 Å². The lowest BCUT2D eigenvalue weighted by Gasteiger charge is -2.03. The van der Waals surface area contributed by atoms with Gasteiger partial charge in [-0.1, -0.05) is 68.0 Å². The molecule has 0 heteroatoms. The molecule has 1 aromatic rings. The molecule has 0 amide bonds. The molecular formula is C18H28. The topological polar surface area (TPSA) is 0 Å². The number of unbranched alkanes of at least 4 members (excludes halogenated alkanes) is 7. The molecule has 0 nitrogen and oxygen atoms in total. The monoisotopic (exact) mass is 244 g/mol. The van der Waals surface area contributed by atoms with Gasteiger partial charge in [0.2, 0.25) is 0 Å². The first-order chi connectivity index (χ1) is 8.83. The summed E-state index contributed by atoms with van der Waals surface area (Å²) >= 11 is 0. The van der Waals surface area contributed by atoms with Crippen LogP contribution in [0.25, 0.3) is 0 Å². The van der Waals surface area contributed by atoms with Crippen LogP contribution in [0, 0.1) is 6.92 Å². The Balaban J connectivity index is 1.92. The zero-order chi connectivity index (χ0) is 13.1. The van der Waals surface area contributed by atoms with E-state index in [4.69, 9.17) is 0 Å². The van der Waals surface area contributed by atoms with Crippen LogP contribution in [0.15, 0.2) is 36.9 Å². The van der Waals surface area contributed by atoms with E-state index < -0.39 is 0 Å². The highest BCUT2D eigenvalue weighted by Crippen LogP contribution is 2.12. The first-order valence-electron chi connectivity index (χ1n) is 7.49. The summed E-state index contributed by atoms with van der Waals surface area (Å²) in [6, 6.07) is 8.97. The Morgan fingerprint density at radius 2 is 1.39 bits per heavy atom. The quantitative estimate of drug-likeness (QED) is 0.358. The molecule has 0 aliphatic heterocycles. The fraction of sp³-hybridized carbons (Fsp3) is 0.556. The van der Waals surface area contributed by atoms with Crippen molar-refractivity contribution < 1.29 is 0 Å². The molecule has 0 aromatic heterocycles. The van der Waals surface area contributed by atoms with Crippen molar-refractivity contribution >= 4 is 0 Å². The van der Waals surface area contributed by atoms with Crippen molar-refractivity contribution in [1.82, 2.24) is 0 Å². The number of benzene rings is 1. The molecule has 0 radical (unpaired) electrons. The highest BCUT2D eigenvalue weighted by Gasteiger charge is 1.94. The fourth-order valence-electron chi connectivity index (χ4n) is 2.26. The lowest BCUT2D eigenvalue weighted by Crippen LogP contribution is -1.86. The summed E-state index contributed by atoms with van der Waals surface area (Å²) < 4.78 is 0. The molecule has 0 aliphatic rings. The molecule has 0 N–H and O–H groups in total. The molecule has 0 atom stereocenters. The zero-order valence-corrected chi connectivity index (χ0v) is 12.0. The number of hydrogen-bond acceptors (Lipinski definition) is 0. The van der Waals surface area contributed by atoms with Gasteiger partial charge >= 0.3 is 0 Å². The van der Waals surface area contributed by atoms with Gasteiger partial charge in [-0.25, -0.2) is 0 Å². The molecular weight excluding hydrogens is 216 g/mol. The third-order valence-electron chi connectivity index (χ3n) is 3.49. The minimum Gasteiger partial charge on any atom is -0.103 e. The lowest BCUT2D eigenvalue weighted by atomic mass is 10.0. The summed E-state index contributed by atoms with van der Waals surface area (Å²) in [5.41, 5.74) is 2.85. The van der Waals surface area contributed by atoms with Gasteiger partial charge in [-0.15, -0.1) is 6.58 Å². The van der Waals surface area contributed by atoms with E-state index in [0.29, 0.717) is 0 Å². The first-order valence-corrected chi connectivity index (χ1v) is 7.49. The van der Waals surface area contributed by atoms with Crippen LogP contribution >= 0.6 is 0 Å². The van der Waals surface area contributed by atoms with Crippen LogP contribution in [0.3, 0.4) is 0 Å². The van der Waals surface area contributed by atoms with Gasteiger partial charge in [-0.2, -0.15) is 0 Å². The molecule has 18 heavy (non-hydrogen) atoms. The Hall–Kier alpha value is -1.04. The maximum absolute atomic E-state index is 3.75. The molecule has 0 unspecified atom stereocenters. The summed E-state index contributed by atoms with van der Waals surface area (Å²) in [6.45, 7) is 5.90. The third kappa shape index (κ3) is 7.32. The number of hydrogen-bond donors (Lipinski definition) is 0. The minimum atomic E-state index is 1.19. The van der Waals surface area contributed by atoms with Gasteiger partial charge in [0.25, 0.3) is 0 Å². The van der Waals surface area contributed by atoms with Crippen LogP contribution in [0.4, 0.5) is 0 Å². The minimum absolute atomic E-state index is 1.19. The predicted octanol–water partition coefficient (Wildman–Crippen LogP) is 5.84. The highest BCUT2D eigenvalue weighted by molar-refractivity contribution is 5.21. The average Bonchev–Trinajstić information content (AvgIpc) is 2.39. The summed E-state index contributed by atoms with van der Waals surface area (Å²) in [5, 5.41) is 0. The summed E-state index contributed by atoms with van der Waals surface area (Å²) in [5.74, 6) is 0. The lowest BCUT2D eigenvalue weighted by molar-refractivity contribution is 0.581. The van der Waals surface area contributed by atoms with Crippen LogP contribution in [0.5, 0.6) is 0 Å². The van der Waals surface area contributed by atoms with Gasteiger partial charge in [0.05, 0.1) is 0 Å². The molecule has 100 valence electrons. The second-order valence-corrected chi connectivity index (χ2v) is 5.29. The summed E-state index contributed by atoms with van der Waals surface area (Å²) in [6.07, 6.45) is 14.1. The van der Waals surface area contributed by atoms with E-state index in [1.54, 1.807) is 0 Å². The summed E-state index contributed by atoms with van der Waals surface area (Å²) in [4.78, 5) is 0. The van der Waals surface area contributed by atoms with E-state index >= 15 is 0 Å². The summed E-state index contributed by atoms with van der Waals surface area (Å²) in [7, 11) is 0. The molecule has 0 aliphatic carbocycles. The molecule has 0 spiro atoms. The van der Waals surface area contributed by atoms with E-state index in [0.717, 1.165) is 0 Å². The molecule has 0 heterocycles. The van der Waals surface area contributed by atoms with E-state index in [1.807, 2.05) is 6.08 Å². The molecule has 0 fully saturated rings. The number of allylic oxidation sites excluding steroid dienone is 1. The van der Waals surface area contributed by atoms with Gasteiger partial charge in [0.15, 0.2) is 0 Å². The van der Waals surface area contributed by atoms with Crippen LogP contribution < -0.4 is 0 Å². The van der Waals surface area contributed by atoms with Crippen LogP contribution in [0.1, 0.15) is 62.5 Å². The molecule has 0 bridgehead atoms. The normalized spacial score (nSPS) is 10.5. The van der Waals surface area contributed by atoms with Gasteiger partial charge in [0, 0.05) is 0 Å². The fourth-order valence-corrected chi connectivity index (χ4v) is 2.26. The van der Waals surface area contributed by atoms with E-state index in [-0.39, 0.29) is 0 Å². The van der Waals surface area contributed by atoms with Crippen molar-refractivity contribution in [3.05, 3.63) is 48.0 Å². The van der Waals surface area contributed by atoms with E-state index in [2.05, 4.69) is 37.8 Å². The van der Waals surface area contributed by atoms with Crippen LogP contribution in [-0.2, 0) is 6.42 Å². The van der Waals surface area contributed by atoms with Crippen molar-refractivity contribution in [2.75, 3.05) is 0 Å². The second-order valence-electron chi connectivity index (χ2n) is 5.29. The standard InChI is InChI=1S/C18H28/c1-3-4-5-6-7-8-9-10-11-12-18-15-13-17(2)14-16-18/h3,13-16H,1,4-12H2,2H3. The molecule has 0 saturated heterocycles. The third-order valence-corrected chi connectivity index (χ3v) is 3.49. The molecule has 1 aromatic carbocycles. The maximum atomic E-state index is 3.75. The average molecular weight is 244 g/mol. The second kappa shape index (κ2) is 9.94. The van der Waals surface area contributed by atoms with E-state index in [1.165, 1.54) is 68.9 Å². The largest absolute Gasteiger partial charge is 0.103 e. The first kappa shape index (κ1) is 15.0. The van der Waals surface area contributed by atoms with Crippen molar-refractivity contribution in [2.45, 2.75) is 64.7 Å². The molecule has 0 saturated carbocycles. The maximum Gasteiger partial charge on any atom is -0.0279 e. The smallest absolute Gasteiger partial charge is 0.0279 e. The van der Waals surface area contributed by atoms with Crippen molar-refractivity contribution in [3.63, 3.8) is 0 Å². The predicted molar refractivity (Wildman–Crippen MR) is 82.0 cm³/mol. The SMILES string of the molecule is C=CCCCCCCCCCc1ccc(C)cc1. The Labute approximate surface area is 113 Å². The van der Waals surface area contributed by atoms with Gasteiger partial charge in [-0.05, 0) is 38.2 Å². The highest BCUT2D eigenvalue weighted by atomic mass is 14.0. The van der Waals surface area contributed by atoms with Gasteiger partial charge in [-0.3, -0.25) is 0 Å². The Kier molecular flexibility index (Phi) is 8.29. The van der Waals surface area contributed by atoms with Crippen molar-refractivity contribution in [2.24, 2.45) is 0 Å². The Morgan fingerprint density at radius 1 is 0.833 bits per heavy atom. The van der Waals surface area contributed by atoms with Gasteiger partial charge in [0.1, 0.15) is 0 Å².